The predicted molar refractivity (Wildman–Crippen MR) is 133 cm³/mol. The van der Waals surface area contributed by atoms with Crippen molar-refractivity contribution in [2.24, 2.45) is 16.3 Å². The average Bonchev–Trinajstić information content (AvgIpc) is 2.63. The highest BCUT2D eigenvalue weighted by Gasteiger charge is 2.35. The van der Waals surface area contributed by atoms with E-state index in [0.29, 0.717) is 18.1 Å². The molecule has 0 aliphatic carbocycles. The quantitative estimate of drug-likeness (QED) is 0.258. The molecule has 0 aromatic heterocycles. The van der Waals surface area contributed by atoms with Crippen molar-refractivity contribution in [3.8, 4) is 0 Å². The number of halogens is 1. The molecule has 0 saturated carbocycles. The first kappa shape index (κ1) is 27.9. The van der Waals surface area contributed by atoms with Gasteiger partial charge in [0.1, 0.15) is 0 Å². The first-order chi connectivity index (χ1) is 12.8. The van der Waals surface area contributed by atoms with Gasteiger partial charge in [-0.3, -0.25) is 4.99 Å². The molecule has 1 saturated heterocycles. The largest absolute Gasteiger partial charge is 0.377 e. The van der Waals surface area contributed by atoms with Gasteiger partial charge in [0.25, 0.3) is 0 Å². The fourth-order valence-corrected chi connectivity index (χ4v) is 3.98. The van der Waals surface area contributed by atoms with Crippen LogP contribution in [0.2, 0.25) is 0 Å². The normalized spacial score (nSPS) is 21.9. The standard InChI is InChI=1S/C22H46N4O.HI/c1-8-23-21(25-18(4)13-11-15-26(9-2)10-3)24-17-19-14-12-16-27-20(19)22(5,6)7;/h18-20H,8-17H2,1-7H3,(H2,23,24,25);1H. The first-order valence-electron chi connectivity index (χ1n) is 11.2. The number of ether oxygens (including phenoxy) is 1. The SMILES string of the molecule is CCNC(=NCC1CCCOC1C(C)(C)C)NC(C)CCCN(CC)CC.I. The minimum absolute atomic E-state index is 0. The molecule has 3 unspecified atom stereocenters. The topological polar surface area (TPSA) is 48.9 Å². The second-order valence-corrected chi connectivity index (χ2v) is 8.99. The molecule has 0 aromatic rings. The van der Waals surface area contributed by atoms with Gasteiger partial charge in [0.2, 0.25) is 0 Å². The van der Waals surface area contributed by atoms with Crippen molar-refractivity contribution in [1.29, 1.82) is 0 Å². The average molecular weight is 511 g/mol. The van der Waals surface area contributed by atoms with E-state index in [1.54, 1.807) is 0 Å². The molecule has 168 valence electrons. The molecular weight excluding hydrogens is 463 g/mol. The van der Waals surface area contributed by atoms with Crippen LogP contribution in [0.15, 0.2) is 4.99 Å². The molecule has 1 aliphatic heterocycles. The fraction of sp³-hybridized carbons (Fsp3) is 0.955. The summed E-state index contributed by atoms with van der Waals surface area (Å²) in [6.07, 6.45) is 5.04. The lowest BCUT2D eigenvalue weighted by Gasteiger charge is -2.39. The lowest BCUT2D eigenvalue weighted by atomic mass is 9.78. The maximum absolute atomic E-state index is 6.11. The van der Waals surface area contributed by atoms with Crippen molar-refractivity contribution < 1.29 is 4.74 Å². The van der Waals surface area contributed by atoms with Crippen molar-refractivity contribution in [3.05, 3.63) is 0 Å². The van der Waals surface area contributed by atoms with Crippen LogP contribution >= 0.6 is 24.0 Å². The Hall–Kier alpha value is -0.0800. The van der Waals surface area contributed by atoms with Crippen LogP contribution in [0.1, 0.15) is 74.1 Å². The number of guanidine groups is 1. The van der Waals surface area contributed by atoms with Gasteiger partial charge in [-0.25, -0.2) is 0 Å². The van der Waals surface area contributed by atoms with E-state index in [-0.39, 0.29) is 29.4 Å². The number of nitrogens with one attached hydrogen (secondary N) is 2. The zero-order valence-corrected chi connectivity index (χ0v) is 21.8. The first-order valence-corrected chi connectivity index (χ1v) is 11.2. The Morgan fingerprint density at radius 3 is 2.46 bits per heavy atom. The van der Waals surface area contributed by atoms with E-state index < -0.39 is 0 Å². The summed E-state index contributed by atoms with van der Waals surface area (Å²) in [4.78, 5) is 7.41. The Labute approximate surface area is 191 Å². The fourth-order valence-electron chi connectivity index (χ4n) is 3.98. The second kappa shape index (κ2) is 14.8. The van der Waals surface area contributed by atoms with Gasteiger partial charge in [-0.1, -0.05) is 34.6 Å². The molecule has 1 fully saturated rings. The van der Waals surface area contributed by atoms with E-state index in [1.807, 2.05) is 0 Å². The van der Waals surface area contributed by atoms with Gasteiger partial charge in [-0.2, -0.15) is 0 Å². The lowest BCUT2D eigenvalue weighted by molar-refractivity contribution is -0.0823. The summed E-state index contributed by atoms with van der Waals surface area (Å²) < 4.78 is 6.11. The lowest BCUT2D eigenvalue weighted by Crippen LogP contribution is -2.44. The maximum Gasteiger partial charge on any atom is 0.191 e. The summed E-state index contributed by atoms with van der Waals surface area (Å²) in [6.45, 7) is 21.8. The number of rotatable bonds is 10. The minimum Gasteiger partial charge on any atom is -0.377 e. The molecule has 0 spiro atoms. The van der Waals surface area contributed by atoms with Crippen LogP contribution in [0.25, 0.3) is 0 Å². The highest BCUT2D eigenvalue weighted by molar-refractivity contribution is 14.0. The highest BCUT2D eigenvalue weighted by Crippen LogP contribution is 2.34. The van der Waals surface area contributed by atoms with Gasteiger partial charge in [0.05, 0.1) is 6.10 Å². The molecule has 1 rings (SSSR count). The highest BCUT2D eigenvalue weighted by atomic mass is 127. The van der Waals surface area contributed by atoms with Crippen LogP contribution in [-0.4, -0.2) is 62.3 Å². The van der Waals surface area contributed by atoms with Crippen molar-refractivity contribution in [1.82, 2.24) is 15.5 Å². The summed E-state index contributed by atoms with van der Waals surface area (Å²) in [5.41, 5.74) is 0.171. The minimum atomic E-state index is 0. The van der Waals surface area contributed by atoms with Gasteiger partial charge >= 0.3 is 0 Å². The van der Waals surface area contributed by atoms with E-state index in [1.165, 1.54) is 19.4 Å². The Morgan fingerprint density at radius 2 is 1.89 bits per heavy atom. The van der Waals surface area contributed by atoms with Crippen molar-refractivity contribution in [2.45, 2.75) is 86.3 Å². The molecule has 1 heterocycles. The van der Waals surface area contributed by atoms with Gasteiger partial charge in [-0.05, 0) is 64.6 Å². The number of hydrogen-bond donors (Lipinski definition) is 2. The van der Waals surface area contributed by atoms with E-state index in [2.05, 4.69) is 64.0 Å². The monoisotopic (exact) mass is 510 g/mol. The van der Waals surface area contributed by atoms with E-state index in [9.17, 15) is 0 Å². The zero-order valence-electron chi connectivity index (χ0n) is 19.5. The second-order valence-electron chi connectivity index (χ2n) is 8.99. The summed E-state index contributed by atoms with van der Waals surface area (Å²) in [5.74, 6) is 1.46. The van der Waals surface area contributed by atoms with Gasteiger partial charge in [-0.15, -0.1) is 24.0 Å². The molecule has 0 radical (unpaired) electrons. The summed E-state index contributed by atoms with van der Waals surface area (Å²) >= 11 is 0. The van der Waals surface area contributed by atoms with Gasteiger partial charge < -0.3 is 20.3 Å². The predicted octanol–water partition coefficient (Wildman–Crippen LogP) is 4.51. The van der Waals surface area contributed by atoms with Crippen molar-refractivity contribution >= 4 is 29.9 Å². The molecule has 0 bridgehead atoms. The summed E-state index contributed by atoms with van der Waals surface area (Å²) in [6, 6.07) is 0.430. The summed E-state index contributed by atoms with van der Waals surface area (Å²) in [5, 5.41) is 7.02. The van der Waals surface area contributed by atoms with Gasteiger partial charge in [0, 0.05) is 31.7 Å². The third-order valence-corrected chi connectivity index (χ3v) is 5.52. The van der Waals surface area contributed by atoms with E-state index >= 15 is 0 Å². The Morgan fingerprint density at radius 1 is 1.21 bits per heavy atom. The molecular formula is C22H47IN4O. The van der Waals surface area contributed by atoms with E-state index in [4.69, 9.17) is 9.73 Å². The maximum atomic E-state index is 6.11. The third kappa shape index (κ3) is 10.6. The number of nitrogens with zero attached hydrogens (tertiary/aromatic N) is 2. The molecule has 2 N–H and O–H groups in total. The number of aliphatic imine (C=N–C) groups is 1. The van der Waals surface area contributed by atoms with Crippen LogP contribution in [-0.2, 0) is 4.74 Å². The van der Waals surface area contributed by atoms with Crippen LogP contribution in [0.3, 0.4) is 0 Å². The smallest absolute Gasteiger partial charge is 0.191 e. The van der Waals surface area contributed by atoms with Gasteiger partial charge in [0.15, 0.2) is 5.96 Å². The Bertz CT molecular complexity index is 421. The molecule has 1 aliphatic rings. The van der Waals surface area contributed by atoms with E-state index in [0.717, 1.165) is 51.6 Å². The summed E-state index contributed by atoms with van der Waals surface area (Å²) in [7, 11) is 0. The number of hydrogen-bond acceptors (Lipinski definition) is 3. The molecule has 6 heteroatoms. The molecule has 28 heavy (non-hydrogen) atoms. The Balaban J connectivity index is 0.00000729. The third-order valence-electron chi connectivity index (χ3n) is 5.52. The van der Waals surface area contributed by atoms with Crippen molar-refractivity contribution in [3.63, 3.8) is 0 Å². The zero-order chi connectivity index (χ0) is 20.3. The molecule has 5 nitrogen and oxygen atoms in total. The molecule has 3 atom stereocenters. The van der Waals surface area contributed by atoms with Crippen molar-refractivity contribution in [2.75, 3.05) is 39.3 Å². The molecule has 0 amide bonds. The molecule has 0 aromatic carbocycles. The van der Waals surface area contributed by atoms with Crippen LogP contribution < -0.4 is 10.6 Å². The van der Waals surface area contributed by atoms with Crippen LogP contribution in [0.5, 0.6) is 0 Å². The van der Waals surface area contributed by atoms with Crippen LogP contribution in [0.4, 0.5) is 0 Å². The van der Waals surface area contributed by atoms with Crippen LogP contribution in [0, 0.1) is 11.3 Å². The Kier molecular flexibility index (Phi) is 14.8.